The van der Waals surface area contributed by atoms with Crippen molar-refractivity contribution in [2.45, 2.75) is 82.8 Å². The van der Waals surface area contributed by atoms with Crippen LogP contribution in [0.4, 0.5) is 9.18 Å². The van der Waals surface area contributed by atoms with E-state index in [0.29, 0.717) is 31.7 Å². The maximum absolute atomic E-state index is 13.2. The maximum Gasteiger partial charge on any atom is 0.326 e. The molecule has 9 heteroatoms. The van der Waals surface area contributed by atoms with Crippen LogP contribution in [0.5, 0.6) is 0 Å². The summed E-state index contributed by atoms with van der Waals surface area (Å²) in [5.41, 5.74) is 6.21. The Kier molecular flexibility index (Phi) is 11.1. The summed E-state index contributed by atoms with van der Waals surface area (Å²) >= 11 is 0. The third kappa shape index (κ3) is 9.37. The molecule has 1 aromatic carbocycles. The highest BCUT2D eigenvalue weighted by atomic mass is 19.1. The summed E-state index contributed by atoms with van der Waals surface area (Å²) in [6.07, 6.45) is 7.36. The van der Waals surface area contributed by atoms with Crippen molar-refractivity contribution in [3.05, 3.63) is 35.6 Å². The molecule has 1 fully saturated rings. The van der Waals surface area contributed by atoms with Gasteiger partial charge in [0.1, 0.15) is 17.9 Å². The summed E-state index contributed by atoms with van der Waals surface area (Å²) in [5, 5.41) is 17.5. The number of aliphatic carboxylic acids is 1. The number of nitrogens with two attached hydrogens (primary N) is 1. The molecule has 0 aromatic heterocycles. The van der Waals surface area contributed by atoms with E-state index < -0.39 is 24.1 Å². The lowest BCUT2D eigenvalue weighted by molar-refractivity contribution is -0.139. The number of urea groups is 1. The number of amides is 3. The fourth-order valence-corrected chi connectivity index (χ4v) is 4.24. The molecule has 0 saturated heterocycles. The van der Waals surface area contributed by atoms with E-state index in [1.54, 1.807) is 19.1 Å². The number of carboxylic acids is 1. The highest BCUT2D eigenvalue weighted by molar-refractivity contribution is 5.89. The molecule has 1 aliphatic carbocycles. The zero-order valence-electron chi connectivity index (χ0n) is 19.3. The van der Waals surface area contributed by atoms with Gasteiger partial charge in [0.2, 0.25) is 5.91 Å². The monoisotopic (exact) mass is 464 g/mol. The Morgan fingerprint density at radius 2 is 1.67 bits per heavy atom. The average molecular weight is 465 g/mol. The molecule has 1 aliphatic rings. The van der Waals surface area contributed by atoms with Gasteiger partial charge in [0, 0.05) is 0 Å². The second kappa shape index (κ2) is 13.8. The summed E-state index contributed by atoms with van der Waals surface area (Å²) in [6.45, 7) is 2.25. The molecule has 1 aromatic rings. The topological polar surface area (TPSA) is 134 Å². The van der Waals surface area contributed by atoms with Crippen molar-refractivity contribution in [1.29, 1.82) is 0 Å². The number of carbonyl (C=O) groups is 3. The molecular weight excluding hydrogens is 427 g/mol. The van der Waals surface area contributed by atoms with Gasteiger partial charge in [0.05, 0.1) is 6.04 Å². The number of hydrogen-bond acceptors (Lipinski definition) is 4. The third-order valence-electron chi connectivity index (χ3n) is 6.19. The number of carbonyl (C=O) groups excluding carboxylic acids is 2. The van der Waals surface area contributed by atoms with Crippen molar-refractivity contribution in [1.82, 2.24) is 16.0 Å². The van der Waals surface area contributed by atoms with Crippen LogP contribution in [0.1, 0.15) is 76.3 Å². The fourth-order valence-electron chi connectivity index (χ4n) is 4.24. The molecule has 184 valence electrons. The molecule has 0 aliphatic heterocycles. The van der Waals surface area contributed by atoms with E-state index >= 15 is 0 Å². The Hall–Kier alpha value is -2.68. The molecule has 33 heavy (non-hydrogen) atoms. The van der Waals surface area contributed by atoms with Crippen LogP contribution in [0, 0.1) is 11.7 Å². The molecule has 0 heterocycles. The number of unbranched alkanes of at least 4 members (excludes halogenated alkanes) is 1. The molecule has 6 N–H and O–H groups in total. The first kappa shape index (κ1) is 26.6. The van der Waals surface area contributed by atoms with Gasteiger partial charge in [-0.05, 0) is 62.8 Å². The minimum absolute atomic E-state index is 0.265. The quantitative estimate of drug-likeness (QED) is 0.303. The Morgan fingerprint density at radius 3 is 2.27 bits per heavy atom. The van der Waals surface area contributed by atoms with Crippen LogP contribution in [0.2, 0.25) is 0 Å². The molecule has 0 spiro atoms. The number of nitrogens with one attached hydrogen (secondary N) is 3. The first-order chi connectivity index (χ1) is 15.8. The minimum Gasteiger partial charge on any atom is -0.480 e. The largest absolute Gasteiger partial charge is 0.480 e. The molecule has 8 nitrogen and oxygen atoms in total. The molecule has 3 atom stereocenters. The molecule has 1 saturated carbocycles. The van der Waals surface area contributed by atoms with Crippen molar-refractivity contribution in [3.8, 4) is 0 Å². The summed E-state index contributed by atoms with van der Waals surface area (Å²) in [6, 6.07) is 2.98. The first-order valence-corrected chi connectivity index (χ1v) is 11.9. The maximum atomic E-state index is 13.2. The smallest absolute Gasteiger partial charge is 0.326 e. The standard InChI is InChI=1S/C24H37FN4O4/c1-16(18-10-12-19(25)13-11-18)27-22(30)21(15-17-7-3-2-4-8-17)29-24(33)28-20(23(31)32)9-5-6-14-26/h10-13,16-17,20-21H,2-9,14-15,26H2,1H3,(H,27,30)(H,31,32)(H2,28,29,33)/t16-,20?,21-/m1/s1. The van der Waals surface area contributed by atoms with Crippen LogP contribution < -0.4 is 21.7 Å². The van der Waals surface area contributed by atoms with Gasteiger partial charge < -0.3 is 26.8 Å². The van der Waals surface area contributed by atoms with E-state index in [4.69, 9.17) is 5.73 Å². The van der Waals surface area contributed by atoms with Gasteiger partial charge in [-0.25, -0.2) is 14.0 Å². The second-order valence-electron chi connectivity index (χ2n) is 8.87. The third-order valence-corrected chi connectivity index (χ3v) is 6.19. The first-order valence-electron chi connectivity index (χ1n) is 11.9. The van der Waals surface area contributed by atoms with Crippen LogP contribution in [-0.4, -0.2) is 41.6 Å². The van der Waals surface area contributed by atoms with Gasteiger partial charge >= 0.3 is 12.0 Å². The Balaban J connectivity index is 2.03. The summed E-state index contributed by atoms with van der Waals surface area (Å²) in [7, 11) is 0. The van der Waals surface area contributed by atoms with E-state index in [1.807, 2.05) is 0 Å². The van der Waals surface area contributed by atoms with Crippen LogP contribution >= 0.6 is 0 Å². The normalized spacial score (nSPS) is 16.9. The van der Waals surface area contributed by atoms with Crippen molar-refractivity contribution in [3.63, 3.8) is 0 Å². The van der Waals surface area contributed by atoms with E-state index in [-0.39, 0.29) is 24.2 Å². The van der Waals surface area contributed by atoms with Crippen molar-refractivity contribution >= 4 is 17.9 Å². The number of halogens is 1. The predicted molar refractivity (Wildman–Crippen MR) is 124 cm³/mol. The van der Waals surface area contributed by atoms with Gasteiger partial charge in [-0.3, -0.25) is 4.79 Å². The average Bonchev–Trinajstić information content (AvgIpc) is 2.79. The van der Waals surface area contributed by atoms with E-state index in [0.717, 1.165) is 31.2 Å². The molecular formula is C24H37FN4O4. The lowest BCUT2D eigenvalue weighted by Crippen LogP contribution is -2.54. The van der Waals surface area contributed by atoms with Crippen molar-refractivity contribution in [2.24, 2.45) is 11.7 Å². The van der Waals surface area contributed by atoms with Crippen LogP contribution in [0.25, 0.3) is 0 Å². The van der Waals surface area contributed by atoms with Gasteiger partial charge in [0.25, 0.3) is 0 Å². The predicted octanol–water partition coefficient (Wildman–Crippen LogP) is 3.22. The van der Waals surface area contributed by atoms with E-state index in [9.17, 15) is 23.9 Å². The SMILES string of the molecule is C[C@@H](NC(=O)[C@@H](CC1CCCCC1)NC(=O)NC(CCCCN)C(=O)O)c1ccc(F)cc1. The fraction of sp³-hybridized carbons (Fsp3) is 0.625. The minimum atomic E-state index is -1.12. The Bertz CT molecular complexity index is 768. The Labute approximate surface area is 194 Å². The number of carboxylic acid groups (broad SMARTS) is 1. The van der Waals surface area contributed by atoms with Gasteiger partial charge in [-0.15, -0.1) is 0 Å². The van der Waals surface area contributed by atoms with Crippen LogP contribution in [-0.2, 0) is 9.59 Å². The lowest BCUT2D eigenvalue weighted by atomic mass is 9.84. The van der Waals surface area contributed by atoms with Crippen LogP contribution in [0.15, 0.2) is 24.3 Å². The zero-order chi connectivity index (χ0) is 24.2. The molecule has 0 radical (unpaired) electrons. The second-order valence-corrected chi connectivity index (χ2v) is 8.87. The van der Waals surface area contributed by atoms with Crippen LogP contribution in [0.3, 0.4) is 0 Å². The number of rotatable bonds is 12. The highest BCUT2D eigenvalue weighted by Gasteiger charge is 2.28. The molecule has 3 amide bonds. The van der Waals surface area contributed by atoms with Gasteiger partial charge in [-0.2, -0.15) is 0 Å². The van der Waals surface area contributed by atoms with Crippen molar-refractivity contribution in [2.75, 3.05) is 6.54 Å². The van der Waals surface area contributed by atoms with E-state index in [1.165, 1.54) is 18.6 Å². The van der Waals surface area contributed by atoms with Gasteiger partial charge in [-0.1, -0.05) is 44.2 Å². The number of hydrogen-bond donors (Lipinski definition) is 5. The summed E-state index contributed by atoms with van der Waals surface area (Å²) < 4.78 is 13.2. The zero-order valence-corrected chi connectivity index (χ0v) is 19.3. The summed E-state index contributed by atoms with van der Waals surface area (Å²) in [4.78, 5) is 37.2. The molecule has 1 unspecified atom stereocenters. The van der Waals surface area contributed by atoms with Crippen molar-refractivity contribution < 1.29 is 23.9 Å². The Morgan fingerprint density at radius 1 is 1.03 bits per heavy atom. The molecule has 2 rings (SSSR count). The summed E-state index contributed by atoms with van der Waals surface area (Å²) in [5.74, 6) is -1.51. The van der Waals surface area contributed by atoms with E-state index in [2.05, 4.69) is 16.0 Å². The van der Waals surface area contributed by atoms with Gasteiger partial charge in [0.15, 0.2) is 0 Å². The lowest BCUT2D eigenvalue weighted by Gasteiger charge is -2.28. The number of benzene rings is 1. The molecule has 0 bridgehead atoms. The highest BCUT2D eigenvalue weighted by Crippen LogP contribution is 2.27.